The predicted octanol–water partition coefficient (Wildman–Crippen LogP) is 1.43. The van der Waals surface area contributed by atoms with Gasteiger partial charge in [0.25, 0.3) is 5.69 Å². The number of hydrogen-bond donors (Lipinski definition) is 1. The Kier molecular flexibility index (Phi) is 4.47. The van der Waals surface area contributed by atoms with Gasteiger partial charge in [-0.05, 0) is 24.6 Å². The van der Waals surface area contributed by atoms with E-state index >= 15 is 0 Å². The van der Waals surface area contributed by atoms with Gasteiger partial charge >= 0.3 is 0 Å². The van der Waals surface area contributed by atoms with Crippen LogP contribution in [0.1, 0.15) is 12.0 Å². The van der Waals surface area contributed by atoms with Gasteiger partial charge in [0.05, 0.1) is 4.92 Å². The van der Waals surface area contributed by atoms with E-state index in [1.165, 1.54) is 18.2 Å². The summed E-state index contributed by atoms with van der Waals surface area (Å²) in [5.41, 5.74) is 0.665. The van der Waals surface area contributed by atoms with E-state index in [9.17, 15) is 14.9 Å². The second-order valence-electron chi connectivity index (χ2n) is 4.78. The second kappa shape index (κ2) is 6.29. The maximum atomic E-state index is 12.0. The lowest BCUT2D eigenvalue weighted by Crippen LogP contribution is -2.37. The number of amides is 1. The third kappa shape index (κ3) is 3.42. The van der Waals surface area contributed by atoms with Crippen molar-refractivity contribution in [2.24, 2.45) is 0 Å². The summed E-state index contributed by atoms with van der Waals surface area (Å²) in [5.74, 6) is -0.0924. The van der Waals surface area contributed by atoms with E-state index < -0.39 is 4.92 Å². The molecule has 1 aliphatic heterocycles. The number of hydrogen-bond acceptors (Lipinski definition) is 4. The quantitative estimate of drug-likeness (QED) is 0.512. The van der Waals surface area contributed by atoms with Crippen molar-refractivity contribution in [2.75, 3.05) is 20.1 Å². The van der Waals surface area contributed by atoms with Crippen LogP contribution in [-0.4, -0.2) is 41.9 Å². The highest BCUT2D eigenvalue weighted by Crippen LogP contribution is 2.14. The number of nitrogens with zero attached hydrogens (tertiary/aromatic N) is 2. The van der Waals surface area contributed by atoms with Crippen LogP contribution < -0.4 is 5.32 Å². The van der Waals surface area contributed by atoms with Crippen molar-refractivity contribution in [3.05, 3.63) is 46.0 Å². The fourth-order valence-corrected chi connectivity index (χ4v) is 2.18. The number of nitro groups is 1. The summed E-state index contributed by atoms with van der Waals surface area (Å²) in [6, 6.07) is 6.43. The molecular weight excluding hydrogens is 258 g/mol. The van der Waals surface area contributed by atoms with Crippen molar-refractivity contribution in [1.29, 1.82) is 0 Å². The first-order chi connectivity index (χ1) is 9.58. The largest absolute Gasteiger partial charge is 0.338 e. The van der Waals surface area contributed by atoms with E-state index in [2.05, 4.69) is 5.32 Å². The van der Waals surface area contributed by atoms with Crippen LogP contribution in [0.3, 0.4) is 0 Å². The molecule has 2 rings (SSSR count). The lowest BCUT2D eigenvalue weighted by atomic mass is 10.2. The minimum atomic E-state index is -0.449. The van der Waals surface area contributed by atoms with Gasteiger partial charge in [-0.25, -0.2) is 0 Å². The van der Waals surface area contributed by atoms with E-state index in [0.29, 0.717) is 5.56 Å². The van der Waals surface area contributed by atoms with E-state index in [1.807, 2.05) is 0 Å². The second-order valence-corrected chi connectivity index (χ2v) is 4.78. The molecule has 20 heavy (non-hydrogen) atoms. The normalized spacial score (nSPS) is 18.4. The molecule has 1 unspecified atom stereocenters. The fourth-order valence-electron chi connectivity index (χ4n) is 2.18. The lowest BCUT2D eigenvalue weighted by molar-refractivity contribution is -0.384. The molecule has 1 fully saturated rings. The number of carbonyl (C=O) groups excluding carboxylic acids is 1. The van der Waals surface area contributed by atoms with Crippen LogP contribution >= 0.6 is 0 Å². The summed E-state index contributed by atoms with van der Waals surface area (Å²) in [7, 11) is 1.78. The van der Waals surface area contributed by atoms with Crippen LogP contribution in [0.2, 0.25) is 0 Å². The summed E-state index contributed by atoms with van der Waals surface area (Å²) in [5, 5.41) is 13.9. The number of nitrogens with one attached hydrogen (secondary N) is 1. The standard InChI is InChI=1S/C14H17N3O3/c1-16(13-7-8-15-10-13)14(18)6-5-11-3-2-4-12(9-11)17(19)20/h2-6,9,13,15H,7-8,10H2,1H3. The number of likely N-dealkylation sites (N-methyl/N-ethyl adjacent to an activating group) is 1. The van der Waals surface area contributed by atoms with Crippen molar-refractivity contribution in [1.82, 2.24) is 10.2 Å². The van der Waals surface area contributed by atoms with Crippen LogP contribution in [0, 0.1) is 10.1 Å². The summed E-state index contributed by atoms with van der Waals surface area (Å²) >= 11 is 0. The fraction of sp³-hybridized carbons (Fsp3) is 0.357. The topological polar surface area (TPSA) is 75.5 Å². The Morgan fingerprint density at radius 2 is 2.35 bits per heavy atom. The van der Waals surface area contributed by atoms with Crippen molar-refractivity contribution in [3.8, 4) is 0 Å². The molecule has 1 amide bonds. The average molecular weight is 275 g/mol. The Balaban J connectivity index is 2.02. The molecule has 6 nitrogen and oxygen atoms in total. The summed E-state index contributed by atoms with van der Waals surface area (Å²) < 4.78 is 0. The Bertz CT molecular complexity index is 536. The number of nitro benzene ring substituents is 1. The van der Waals surface area contributed by atoms with Gasteiger partial charge in [-0.15, -0.1) is 0 Å². The molecule has 6 heteroatoms. The van der Waals surface area contributed by atoms with Crippen LogP contribution in [0.5, 0.6) is 0 Å². The van der Waals surface area contributed by atoms with Gasteiger partial charge in [0.2, 0.25) is 5.91 Å². The Labute approximate surface area is 117 Å². The molecular formula is C14H17N3O3. The summed E-state index contributed by atoms with van der Waals surface area (Å²) in [6.07, 6.45) is 4.01. The number of carbonyl (C=O) groups is 1. The molecule has 1 heterocycles. The molecule has 0 saturated carbocycles. The molecule has 1 N–H and O–H groups in total. The van der Waals surface area contributed by atoms with Gasteiger partial charge in [-0.3, -0.25) is 14.9 Å². The highest BCUT2D eigenvalue weighted by Gasteiger charge is 2.21. The van der Waals surface area contributed by atoms with Crippen molar-refractivity contribution < 1.29 is 9.72 Å². The average Bonchev–Trinajstić information content (AvgIpc) is 2.98. The SMILES string of the molecule is CN(C(=O)C=Cc1cccc([N+](=O)[O-])c1)C1CCNC1. The van der Waals surface area contributed by atoms with Crippen LogP contribution in [0.25, 0.3) is 6.08 Å². The van der Waals surface area contributed by atoms with Gasteiger partial charge in [0.15, 0.2) is 0 Å². The van der Waals surface area contributed by atoms with E-state index in [1.54, 1.807) is 30.2 Å². The summed E-state index contributed by atoms with van der Waals surface area (Å²) in [4.78, 5) is 23.9. The molecule has 1 aromatic carbocycles. The molecule has 106 valence electrons. The highest BCUT2D eigenvalue weighted by atomic mass is 16.6. The van der Waals surface area contributed by atoms with Crippen molar-refractivity contribution >= 4 is 17.7 Å². The summed E-state index contributed by atoms with van der Waals surface area (Å²) in [6.45, 7) is 1.74. The lowest BCUT2D eigenvalue weighted by Gasteiger charge is -2.22. The highest BCUT2D eigenvalue weighted by molar-refractivity contribution is 5.91. The predicted molar refractivity (Wildman–Crippen MR) is 76.2 cm³/mol. The zero-order valence-electron chi connectivity index (χ0n) is 11.3. The van der Waals surface area contributed by atoms with Crippen molar-refractivity contribution in [3.63, 3.8) is 0 Å². The molecule has 1 saturated heterocycles. The Hall–Kier alpha value is -2.21. The molecule has 0 aliphatic carbocycles. The van der Waals surface area contributed by atoms with Gasteiger partial charge in [-0.2, -0.15) is 0 Å². The maximum absolute atomic E-state index is 12.0. The monoisotopic (exact) mass is 275 g/mol. The molecule has 0 aromatic heterocycles. The van der Waals surface area contributed by atoms with E-state index in [0.717, 1.165) is 19.5 Å². The molecule has 0 spiro atoms. The van der Waals surface area contributed by atoms with Crippen LogP contribution in [0.15, 0.2) is 30.3 Å². The number of benzene rings is 1. The smallest absolute Gasteiger partial charge is 0.270 e. The molecule has 0 radical (unpaired) electrons. The van der Waals surface area contributed by atoms with Gasteiger partial charge in [0, 0.05) is 37.8 Å². The first kappa shape index (κ1) is 14.2. The Morgan fingerprint density at radius 1 is 1.55 bits per heavy atom. The molecule has 1 atom stereocenters. The Morgan fingerprint density at radius 3 is 3.00 bits per heavy atom. The van der Waals surface area contributed by atoms with Crippen LogP contribution in [0.4, 0.5) is 5.69 Å². The van der Waals surface area contributed by atoms with Gasteiger partial charge < -0.3 is 10.2 Å². The van der Waals surface area contributed by atoms with Crippen LogP contribution in [-0.2, 0) is 4.79 Å². The molecule has 0 bridgehead atoms. The first-order valence-corrected chi connectivity index (χ1v) is 6.48. The zero-order valence-corrected chi connectivity index (χ0v) is 11.3. The van der Waals surface area contributed by atoms with E-state index in [4.69, 9.17) is 0 Å². The number of rotatable bonds is 4. The molecule has 1 aliphatic rings. The first-order valence-electron chi connectivity index (χ1n) is 6.48. The third-order valence-corrected chi connectivity index (χ3v) is 3.43. The molecule has 1 aromatic rings. The minimum Gasteiger partial charge on any atom is -0.338 e. The van der Waals surface area contributed by atoms with Gasteiger partial charge in [-0.1, -0.05) is 12.1 Å². The van der Waals surface area contributed by atoms with Gasteiger partial charge in [0.1, 0.15) is 0 Å². The maximum Gasteiger partial charge on any atom is 0.270 e. The minimum absolute atomic E-state index is 0.0212. The number of non-ortho nitro benzene ring substituents is 1. The zero-order chi connectivity index (χ0) is 14.5. The van der Waals surface area contributed by atoms with E-state index in [-0.39, 0.29) is 17.6 Å². The third-order valence-electron chi connectivity index (χ3n) is 3.43. The van der Waals surface area contributed by atoms with Crippen molar-refractivity contribution in [2.45, 2.75) is 12.5 Å².